The van der Waals surface area contributed by atoms with Crippen LogP contribution in [0.3, 0.4) is 0 Å². The molecule has 3 aromatic rings. The van der Waals surface area contributed by atoms with Crippen LogP contribution in [0.4, 0.5) is 4.39 Å². The number of fused-ring (bicyclic) bond motifs is 2. The van der Waals surface area contributed by atoms with Crippen LogP contribution in [0.2, 0.25) is 0 Å². The Hall–Kier alpha value is -3.40. The summed E-state index contributed by atoms with van der Waals surface area (Å²) in [7, 11) is 1.64. The lowest BCUT2D eigenvalue weighted by Crippen LogP contribution is -2.60. The van der Waals surface area contributed by atoms with Crippen molar-refractivity contribution in [1.82, 2.24) is 15.5 Å². The molecule has 7 nitrogen and oxygen atoms in total. The molecule has 2 heterocycles. The second kappa shape index (κ2) is 14.1. The number of nitrogens with one attached hydrogen (secondary N) is 2. The third-order valence-electron chi connectivity index (χ3n) is 8.50. The third kappa shape index (κ3) is 7.45. The lowest BCUT2D eigenvalue weighted by molar-refractivity contribution is -0.128. The van der Waals surface area contributed by atoms with Crippen LogP contribution in [-0.2, 0) is 11.2 Å². The maximum Gasteiger partial charge on any atom is 0.252 e. The summed E-state index contributed by atoms with van der Waals surface area (Å²) in [6, 6.07) is 21.2. The number of amides is 1. The van der Waals surface area contributed by atoms with Crippen LogP contribution in [0.1, 0.15) is 36.8 Å². The molecule has 44 heavy (non-hydrogen) atoms. The van der Waals surface area contributed by atoms with Crippen molar-refractivity contribution in [2.75, 3.05) is 40.0 Å². The highest BCUT2D eigenvalue weighted by Gasteiger charge is 2.40. The minimum absolute atomic E-state index is 0.0206. The number of benzene rings is 3. The van der Waals surface area contributed by atoms with E-state index < -0.39 is 0 Å². The highest BCUT2D eigenvalue weighted by Crippen LogP contribution is 2.36. The van der Waals surface area contributed by atoms with Crippen molar-refractivity contribution in [3.63, 3.8) is 0 Å². The molecule has 9 heteroatoms. The van der Waals surface area contributed by atoms with Crippen molar-refractivity contribution in [2.45, 2.75) is 50.2 Å². The van der Waals surface area contributed by atoms with Crippen molar-refractivity contribution in [2.24, 2.45) is 0 Å². The fourth-order valence-electron chi connectivity index (χ4n) is 6.08. The van der Waals surface area contributed by atoms with Crippen molar-refractivity contribution in [3.05, 3.63) is 93.7 Å². The first-order chi connectivity index (χ1) is 21.5. The lowest BCUT2D eigenvalue weighted by Gasteiger charge is -2.40. The minimum Gasteiger partial charge on any atom is -0.497 e. The molecule has 0 spiro atoms. The summed E-state index contributed by atoms with van der Waals surface area (Å²) in [5.41, 5.74) is 4.35. The molecule has 0 radical (unpaired) electrons. The van der Waals surface area contributed by atoms with Crippen molar-refractivity contribution >= 4 is 27.4 Å². The average molecular weight is 665 g/mol. The van der Waals surface area contributed by atoms with E-state index in [9.17, 15) is 9.18 Å². The van der Waals surface area contributed by atoms with E-state index in [0.29, 0.717) is 31.5 Å². The first-order valence-corrected chi connectivity index (χ1v) is 16.2. The van der Waals surface area contributed by atoms with E-state index >= 15 is 0 Å². The van der Waals surface area contributed by atoms with Gasteiger partial charge in [0.15, 0.2) is 0 Å². The minimum atomic E-state index is -0.314. The Morgan fingerprint density at radius 3 is 2.50 bits per heavy atom. The SMILES string of the molecule is COc1ccc(OCCN(C(=O)C2=C(c3ccc(CCCOc4cc(F)ccc4Br)cc3)CC3CNC[C@H]2N3)C2CC2)cc1. The largest absolute Gasteiger partial charge is 0.497 e. The van der Waals surface area contributed by atoms with E-state index in [1.807, 2.05) is 29.2 Å². The van der Waals surface area contributed by atoms with E-state index in [1.54, 1.807) is 13.2 Å². The smallest absolute Gasteiger partial charge is 0.252 e. The fraction of sp³-hybridized carbons (Fsp3) is 0.400. The predicted molar refractivity (Wildman–Crippen MR) is 173 cm³/mol. The normalized spacial score (nSPS) is 19.4. The predicted octanol–water partition coefficient (Wildman–Crippen LogP) is 5.77. The Morgan fingerprint density at radius 1 is 0.977 bits per heavy atom. The molecule has 1 unspecified atom stereocenters. The Kier molecular flexibility index (Phi) is 9.84. The first kappa shape index (κ1) is 30.6. The Morgan fingerprint density at radius 2 is 1.75 bits per heavy atom. The standard InChI is InChI=1S/C35H39BrFN3O4/c1-42-28-11-13-29(14-12-28)43-18-16-40(27-9-10-27)35(41)34-30(20-26-21-38-22-32(34)39-26)24-6-4-23(5-7-24)3-2-17-44-33-19-25(37)8-15-31(33)36/h4-8,11-15,19,26-27,32,38-39H,2-3,9-10,16-18,20-22H2,1H3/t26?,32-/m1/s1. The quantitative estimate of drug-likeness (QED) is 0.227. The number of halogens is 2. The molecule has 6 rings (SSSR count). The van der Waals surface area contributed by atoms with E-state index in [1.165, 1.54) is 17.7 Å². The van der Waals surface area contributed by atoms with Gasteiger partial charge >= 0.3 is 0 Å². The van der Waals surface area contributed by atoms with Crippen LogP contribution < -0.4 is 24.8 Å². The van der Waals surface area contributed by atoms with Crippen molar-refractivity contribution in [3.8, 4) is 17.2 Å². The zero-order valence-electron chi connectivity index (χ0n) is 25.0. The van der Waals surface area contributed by atoms with Crippen molar-refractivity contribution < 1.29 is 23.4 Å². The molecule has 2 bridgehead atoms. The molecule has 1 saturated carbocycles. The van der Waals surface area contributed by atoms with Crippen LogP contribution >= 0.6 is 15.9 Å². The third-order valence-corrected chi connectivity index (χ3v) is 9.16. The monoisotopic (exact) mass is 663 g/mol. The zero-order valence-corrected chi connectivity index (χ0v) is 26.6. The number of carbonyl (C=O) groups excluding carboxylic acids is 1. The molecule has 2 N–H and O–H groups in total. The molecule has 0 aromatic heterocycles. The molecule has 2 atom stereocenters. The summed E-state index contributed by atoms with van der Waals surface area (Å²) in [4.78, 5) is 16.3. The number of piperazine rings is 1. The maximum absolute atomic E-state index is 14.3. The lowest BCUT2D eigenvalue weighted by atomic mass is 9.83. The van der Waals surface area contributed by atoms with Gasteiger partial charge in [-0.15, -0.1) is 0 Å². The molecule has 2 aliphatic heterocycles. The second-order valence-electron chi connectivity index (χ2n) is 11.6. The van der Waals surface area contributed by atoms with Crippen LogP contribution in [0.15, 0.2) is 76.8 Å². The molecule has 3 aliphatic rings. The molecular formula is C35H39BrFN3O4. The van der Waals surface area contributed by atoms with Gasteiger partial charge in [-0.1, -0.05) is 24.3 Å². The Balaban J connectivity index is 1.13. The molecule has 2 fully saturated rings. The van der Waals surface area contributed by atoms with Gasteiger partial charge in [0.1, 0.15) is 29.7 Å². The number of hydrogen-bond acceptors (Lipinski definition) is 6. The van der Waals surface area contributed by atoms with Gasteiger partial charge < -0.3 is 29.7 Å². The molecule has 1 saturated heterocycles. The van der Waals surface area contributed by atoms with Gasteiger partial charge in [0.25, 0.3) is 5.91 Å². The number of rotatable bonds is 13. The summed E-state index contributed by atoms with van der Waals surface area (Å²) in [6.45, 7) is 3.10. The average Bonchev–Trinajstić information content (AvgIpc) is 3.89. The molecule has 1 aliphatic carbocycles. The van der Waals surface area contributed by atoms with Gasteiger partial charge in [-0.25, -0.2) is 4.39 Å². The Labute approximate surface area is 266 Å². The number of methoxy groups -OCH3 is 1. The number of hydrogen-bond donors (Lipinski definition) is 2. The van der Waals surface area contributed by atoms with Gasteiger partial charge in [0.2, 0.25) is 0 Å². The van der Waals surface area contributed by atoms with Crippen LogP contribution in [0, 0.1) is 5.82 Å². The highest BCUT2D eigenvalue weighted by atomic mass is 79.9. The molecule has 3 aromatic carbocycles. The number of nitrogens with zero attached hydrogens (tertiary/aromatic N) is 1. The molecular weight excluding hydrogens is 625 g/mol. The number of ether oxygens (including phenoxy) is 3. The van der Waals surface area contributed by atoms with Gasteiger partial charge in [-0.05, 0) is 101 Å². The first-order valence-electron chi connectivity index (χ1n) is 15.4. The van der Waals surface area contributed by atoms with Crippen LogP contribution in [0.5, 0.6) is 17.2 Å². The zero-order chi connectivity index (χ0) is 30.5. The van der Waals surface area contributed by atoms with E-state index in [0.717, 1.165) is 77.9 Å². The maximum atomic E-state index is 14.3. The summed E-state index contributed by atoms with van der Waals surface area (Å²) < 4.78 is 31.3. The summed E-state index contributed by atoms with van der Waals surface area (Å²) in [5, 5.41) is 7.23. The van der Waals surface area contributed by atoms with Crippen LogP contribution in [-0.4, -0.2) is 68.9 Å². The van der Waals surface area contributed by atoms with Crippen molar-refractivity contribution in [1.29, 1.82) is 0 Å². The summed E-state index contributed by atoms with van der Waals surface area (Å²) in [5.74, 6) is 1.87. The molecule has 232 valence electrons. The fourth-order valence-corrected chi connectivity index (χ4v) is 6.44. The van der Waals surface area contributed by atoms with Gasteiger partial charge in [0, 0.05) is 36.8 Å². The summed E-state index contributed by atoms with van der Waals surface area (Å²) in [6.07, 6.45) is 4.53. The second-order valence-corrected chi connectivity index (χ2v) is 12.5. The van der Waals surface area contributed by atoms with E-state index in [-0.39, 0.29) is 23.8 Å². The highest BCUT2D eigenvalue weighted by molar-refractivity contribution is 9.10. The Bertz CT molecular complexity index is 1480. The van der Waals surface area contributed by atoms with Gasteiger partial charge in [-0.3, -0.25) is 4.79 Å². The topological polar surface area (TPSA) is 72.1 Å². The molecule has 1 amide bonds. The summed E-state index contributed by atoms with van der Waals surface area (Å²) >= 11 is 3.41. The van der Waals surface area contributed by atoms with E-state index in [2.05, 4.69) is 50.8 Å². The number of carbonyl (C=O) groups is 1. The van der Waals surface area contributed by atoms with E-state index in [4.69, 9.17) is 14.2 Å². The van der Waals surface area contributed by atoms with Gasteiger partial charge in [0.05, 0.1) is 30.8 Å². The number of aryl methyl sites for hydroxylation is 1. The van der Waals surface area contributed by atoms with Crippen LogP contribution in [0.25, 0.3) is 5.57 Å². The van der Waals surface area contributed by atoms with Gasteiger partial charge in [-0.2, -0.15) is 0 Å².